The van der Waals surface area contributed by atoms with E-state index in [1.807, 2.05) is 36.4 Å². The molecule has 0 radical (unpaired) electrons. The number of nitroso groups, excluding NO2 is 1. The first-order valence-corrected chi connectivity index (χ1v) is 9.26. The third-order valence-electron chi connectivity index (χ3n) is 5.04. The maximum absolute atomic E-state index is 12.0. The Labute approximate surface area is 168 Å². The summed E-state index contributed by atoms with van der Waals surface area (Å²) >= 11 is 0. The average Bonchev–Trinajstić information content (AvgIpc) is 2.79. The highest BCUT2D eigenvalue weighted by molar-refractivity contribution is 5.51. The van der Waals surface area contributed by atoms with Crippen LogP contribution in [-0.2, 0) is 15.0 Å². The highest BCUT2D eigenvalue weighted by Gasteiger charge is 2.40. The Morgan fingerprint density at radius 3 is 2.69 bits per heavy atom. The molecule has 2 aliphatic rings. The molecule has 0 bridgehead atoms. The number of benzene rings is 1. The molecule has 1 heterocycles. The van der Waals surface area contributed by atoms with E-state index < -0.39 is 5.54 Å². The Morgan fingerprint density at radius 2 is 2.10 bits per heavy atom. The molecule has 0 aromatic heterocycles. The van der Waals surface area contributed by atoms with Crippen LogP contribution in [0.15, 0.2) is 58.5 Å². The molecule has 2 atom stereocenters. The highest BCUT2D eigenvalue weighted by atomic mass is 16.5. The maximum Gasteiger partial charge on any atom is 0.195 e. The predicted octanol–water partition coefficient (Wildman–Crippen LogP) is 3.15. The molecule has 3 rings (SSSR count). The van der Waals surface area contributed by atoms with Crippen molar-refractivity contribution in [2.24, 2.45) is 21.9 Å². The molecule has 1 fully saturated rings. The van der Waals surface area contributed by atoms with Gasteiger partial charge >= 0.3 is 0 Å². The van der Waals surface area contributed by atoms with E-state index in [2.05, 4.69) is 32.1 Å². The molecule has 0 saturated carbocycles. The maximum atomic E-state index is 12.0. The van der Waals surface area contributed by atoms with Crippen molar-refractivity contribution in [3.05, 3.63) is 69.2 Å². The fourth-order valence-corrected chi connectivity index (χ4v) is 3.53. The molecule has 2 unspecified atom stereocenters. The lowest BCUT2D eigenvalue weighted by atomic mass is 9.76. The number of hydrogen-bond donors (Lipinski definition) is 1. The molecule has 0 amide bonds. The number of azide groups is 1. The normalized spacial score (nSPS) is 20.3. The summed E-state index contributed by atoms with van der Waals surface area (Å²) in [7, 11) is 0. The van der Waals surface area contributed by atoms with Gasteiger partial charge in [-0.25, -0.2) is 0 Å². The Kier molecular flexibility index (Phi) is 6.74. The lowest BCUT2D eigenvalue weighted by Crippen LogP contribution is -2.36. The summed E-state index contributed by atoms with van der Waals surface area (Å²) < 4.78 is 10.7. The Hall–Kier alpha value is -3.47. The summed E-state index contributed by atoms with van der Waals surface area (Å²) in [6.07, 6.45) is 5.85. The SMILES string of the molecule is [N-]=[N+]=NCOC1=CCC(C(C#CN)(N=O)c2ccc(N3CCOCC3)cc2)C=C1. The summed E-state index contributed by atoms with van der Waals surface area (Å²) in [6.45, 7) is 2.95. The Morgan fingerprint density at radius 1 is 1.34 bits per heavy atom. The van der Waals surface area contributed by atoms with Crippen LogP contribution in [-0.4, -0.2) is 33.0 Å². The minimum atomic E-state index is -1.30. The number of nitrogens with zero attached hydrogens (tertiary/aromatic N) is 5. The second kappa shape index (κ2) is 9.64. The fourth-order valence-electron chi connectivity index (χ4n) is 3.53. The van der Waals surface area contributed by atoms with Crippen LogP contribution in [0.5, 0.6) is 0 Å². The summed E-state index contributed by atoms with van der Waals surface area (Å²) in [6, 6.07) is 10.1. The average molecular weight is 394 g/mol. The van der Waals surface area contributed by atoms with E-state index in [1.165, 1.54) is 0 Å². The molecule has 1 aliphatic heterocycles. The van der Waals surface area contributed by atoms with Crippen molar-refractivity contribution < 1.29 is 9.47 Å². The number of allylic oxidation sites excluding steroid dienone is 2. The van der Waals surface area contributed by atoms with E-state index in [0.29, 0.717) is 31.0 Å². The van der Waals surface area contributed by atoms with Gasteiger partial charge in [-0.2, -0.15) is 0 Å². The van der Waals surface area contributed by atoms with Gasteiger partial charge in [0, 0.05) is 35.7 Å². The van der Waals surface area contributed by atoms with Gasteiger partial charge in [0.15, 0.2) is 12.3 Å². The molecule has 9 nitrogen and oxygen atoms in total. The van der Waals surface area contributed by atoms with Crippen LogP contribution in [0.25, 0.3) is 10.4 Å². The monoisotopic (exact) mass is 394 g/mol. The van der Waals surface area contributed by atoms with Crippen molar-refractivity contribution in [3.63, 3.8) is 0 Å². The van der Waals surface area contributed by atoms with E-state index in [0.717, 1.165) is 18.8 Å². The number of hydrogen-bond acceptors (Lipinski definition) is 7. The molecule has 9 heteroatoms. The van der Waals surface area contributed by atoms with Gasteiger partial charge in [-0.05, 0) is 52.9 Å². The quantitative estimate of drug-likeness (QED) is 0.190. The van der Waals surface area contributed by atoms with E-state index in [4.69, 9.17) is 20.7 Å². The topological polar surface area (TPSA) is 126 Å². The van der Waals surface area contributed by atoms with Crippen LogP contribution in [0.2, 0.25) is 0 Å². The molecular formula is C20H22N6O3. The van der Waals surface area contributed by atoms with Crippen molar-refractivity contribution >= 4 is 5.69 Å². The van der Waals surface area contributed by atoms with Crippen molar-refractivity contribution in [1.82, 2.24) is 0 Å². The van der Waals surface area contributed by atoms with Crippen molar-refractivity contribution in [2.75, 3.05) is 37.9 Å². The van der Waals surface area contributed by atoms with Gasteiger partial charge in [0.25, 0.3) is 0 Å². The fraction of sp³-hybridized carbons (Fsp3) is 0.400. The van der Waals surface area contributed by atoms with Crippen LogP contribution in [0.4, 0.5) is 5.69 Å². The molecule has 1 aromatic rings. The third kappa shape index (κ3) is 4.51. The van der Waals surface area contributed by atoms with Crippen LogP contribution in [0.3, 0.4) is 0 Å². The van der Waals surface area contributed by atoms with E-state index in [9.17, 15) is 4.91 Å². The molecule has 1 aliphatic carbocycles. The summed E-state index contributed by atoms with van der Waals surface area (Å²) in [5.74, 6) is 3.08. The number of anilines is 1. The molecule has 1 aromatic carbocycles. The minimum Gasteiger partial charge on any atom is -0.488 e. The van der Waals surface area contributed by atoms with E-state index >= 15 is 0 Å². The molecule has 0 spiro atoms. The van der Waals surface area contributed by atoms with E-state index in [-0.39, 0.29) is 12.6 Å². The van der Waals surface area contributed by atoms with Gasteiger partial charge in [0.05, 0.1) is 13.2 Å². The van der Waals surface area contributed by atoms with Crippen LogP contribution >= 0.6 is 0 Å². The number of nitrogens with two attached hydrogens (primary N) is 1. The number of ether oxygens (including phenoxy) is 2. The first-order valence-electron chi connectivity index (χ1n) is 9.26. The molecule has 1 saturated heterocycles. The van der Waals surface area contributed by atoms with Gasteiger partial charge in [0.1, 0.15) is 5.76 Å². The van der Waals surface area contributed by atoms with Crippen LogP contribution in [0, 0.1) is 22.8 Å². The number of rotatable bonds is 7. The minimum absolute atomic E-state index is 0.0972. The van der Waals surface area contributed by atoms with Gasteiger partial charge in [-0.1, -0.05) is 23.3 Å². The van der Waals surface area contributed by atoms with Crippen molar-refractivity contribution in [2.45, 2.75) is 12.0 Å². The van der Waals surface area contributed by atoms with Gasteiger partial charge in [-0.3, -0.25) is 0 Å². The summed E-state index contributed by atoms with van der Waals surface area (Å²) in [5.41, 5.74) is 14.3. The molecule has 29 heavy (non-hydrogen) atoms. The van der Waals surface area contributed by atoms with Gasteiger partial charge in [-0.15, -0.1) is 4.91 Å². The third-order valence-corrected chi connectivity index (χ3v) is 5.04. The Balaban J connectivity index is 1.82. The van der Waals surface area contributed by atoms with E-state index in [1.54, 1.807) is 6.08 Å². The van der Waals surface area contributed by atoms with Crippen molar-refractivity contribution in [3.8, 4) is 12.0 Å². The largest absolute Gasteiger partial charge is 0.488 e. The predicted molar refractivity (Wildman–Crippen MR) is 109 cm³/mol. The molecule has 2 N–H and O–H groups in total. The van der Waals surface area contributed by atoms with Gasteiger partial charge in [0.2, 0.25) is 0 Å². The van der Waals surface area contributed by atoms with Crippen molar-refractivity contribution in [1.29, 1.82) is 0 Å². The van der Waals surface area contributed by atoms with Gasteiger partial charge < -0.3 is 20.1 Å². The standard InChI is InChI=1S/C20H22N6O3/c21-10-9-20(24-27,17-3-7-19(8-4-17)29-15-23-25-22)16-1-5-18(6-2-16)26-11-13-28-14-12-26/h1-3,5-8,17H,4,11-15,21H2. The second-order valence-corrected chi connectivity index (χ2v) is 6.59. The molecule has 150 valence electrons. The first kappa shape index (κ1) is 20.3. The summed E-state index contributed by atoms with van der Waals surface area (Å²) in [4.78, 5) is 16.9. The smallest absolute Gasteiger partial charge is 0.195 e. The first-order chi connectivity index (χ1) is 14.2. The zero-order chi connectivity index (χ0) is 20.5. The lowest BCUT2D eigenvalue weighted by Gasteiger charge is -2.31. The zero-order valence-electron chi connectivity index (χ0n) is 15.9. The molecular weight excluding hydrogens is 372 g/mol. The summed E-state index contributed by atoms with van der Waals surface area (Å²) in [5, 5.41) is 6.76. The lowest BCUT2D eigenvalue weighted by molar-refractivity contribution is 0.122. The zero-order valence-corrected chi connectivity index (χ0v) is 15.9. The van der Waals surface area contributed by atoms with Crippen LogP contribution in [0.1, 0.15) is 12.0 Å². The Bertz CT molecular complexity index is 889. The number of morpholine rings is 1. The van der Waals surface area contributed by atoms with Crippen LogP contribution < -0.4 is 10.6 Å². The second-order valence-electron chi connectivity index (χ2n) is 6.59. The highest BCUT2D eigenvalue weighted by Crippen LogP contribution is 2.39.